The highest BCUT2D eigenvalue weighted by atomic mass is 127. The van der Waals surface area contributed by atoms with Crippen LogP contribution in [0.4, 0.5) is 0 Å². The lowest BCUT2D eigenvalue weighted by Gasteiger charge is -2.01. The fourth-order valence-electron chi connectivity index (χ4n) is 1.36. The minimum Gasteiger partial charge on any atom is -0.421 e. The Morgan fingerprint density at radius 2 is 2.19 bits per heavy atom. The number of aryl methyl sites for hydroxylation is 2. The van der Waals surface area contributed by atoms with Crippen molar-refractivity contribution in [3.8, 4) is 11.5 Å². The molecule has 1 aromatic carbocycles. The zero-order valence-corrected chi connectivity index (χ0v) is 11.6. The molecular weight excluding hydrogens is 338 g/mol. The molecule has 0 unspecified atom stereocenters. The summed E-state index contributed by atoms with van der Waals surface area (Å²) in [7, 11) is 0. The molecule has 0 aliphatic heterocycles. The molecule has 0 bridgehead atoms. The summed E-state index contributed by atoms with van der Waals surface area (Å²) in [5, 5.41) is 7.98. The minimum atomic E-state index is 0.493. The van der Waals surface area contributed by atoms with Crippen LogP contribution in [-0.2, 0) is 6.42 Å². The van der Waals surface area contributed by atoms with Gasteiger partial charge in [-0.3, -0.25) is 0 Å². The molecule has 0 spiro atoms. The third-order valence-electron chi connectivity index (χ3n) is 2.20. The normalized spacial score (nSPS) is 10.7. The van der Waals surface area contributed by atoms with Gasteiger partial charge in [0.1, 0.15) is 0 Å². The molecule has 0 fully saturated rings. The number of halogens is 2. The van der Waals surface area contributed by atoms with Crippen molar-refractivity contribution < 1.29 is 4.42 Å². The molecule has 5 heteroatoms. The Bertz CT molecular complexity index is 498. The largest absolute Gasteiger partial charge is 0.421 e. The van der Waals surface area contributed by atoms with Crippen LogP contribution in [0.3, 0.4) is 0 Å². The quantitative estimate of drug-likeness (QED) is 0.630. The highest BCUT2D eigenvalue weighted by Gasteiger charge is 2.12. The molecule has 2 aromatic rings. The van der Waals surface area contributed by atoms with E-state index in [2.05, 4.69) is 45.8 Å². The Balaban J connectivity index is 2.39. The van der Waals surface area contributed by atoms with Crippen molar-refractivity contribution in [3.05, 3.63) is 33.2 Å². The van der Waals surface area contributed by atoms with Crippen LogP contribution in [0, 0.1) is 10.5 Å². The molecule has 0 atom stereocenters. The molecule has 3 nitrogen and oxygen atoms in total. The van der Waals surface area contributed by atoms with Crippen molar-refractivity contribution in [1.82, 2.24) is 10.2 Å². The highest BCUT2D eigenvalue weighted by molar-refractivity contribution is 14.1. The Labute approximate surface area is 112 Å². The van der Waals surface area contributed by atoms with Crippen LogP contribution in [0.5, 0.6) is 0 Å². The SMILES string of the molecule is Cc1cccc(-c2nnc(CCCl)o2)c1I. The number of hydrogen-bond acceptors (Lipinski definition) is 3. The predicted octanol–water partition coefficient (Wildman–Crippen LogP) is 3.43. The zero-order valence-electron chi connectivity index (χ0n) is 8.70. The smallest absolute Gasteiger partial charge is 0.248 e. The van der Waals surface area contributed by atoms with Gasteiger partial charge in [0.2, 0.25) is 11.8 Å². The lowest BCUT2D eigenvalue weighted by Crippen LogP contribution is -1.86. The van der Waals surface area contributed by atoms with Gasteiger partial charge in [0.25, 0.3) is 0 Å². The Morgan fingerprint density at radius 1 is 1.38 bits per heavy atom. The maximum atomic E-state index is 5.62. The topological polar surface area (TPSA) is 38.9 Å². The molecule has 84 valence electrons. The highest BCUT2D eigenvalue weighted by Crippen LogP contribution is 2.26. The molecule has 0 amide bonds. The third kappa shape index (κ3) is 2.38. The fourth-order valence-corrected chi connectivity index (χ4v) is 2.11. The van der Waals surface area contributed by atoms with Crippen molar-refractivity contribution in [2.75, 3.05) is 5.88 Å². The molecule has 2 rings (SSSR count). The number of nitrogens with zero attached hydrogens (tertiary/aromatic N) is 2. The second kappa shape index (κ2) is 5.14. The number of alkyl halides is 1. The molecule has 0 radical (unpaired) electrons. The van der Waals surface area contributed by atoms with E-state index in [4.69, 9.17) is 16.0 Å². The van der Waals surface area contributed by atoms with E-state index in [-0.39, 0.29) is 0 Å². The van der Waals surface area contributed by atoms with Crippen molar-refractivity contribution in [2.24, 2.45) is 0 Å². The summed E-state index contributed by atoms with van der Waals surface area (Å²) in [6.07, 6.45) is 0.608. The molecule has 1 heterocycles. The van der Waals surface area contributed by atoms with Crippen molar-refractivity contribution in [1.29, 1.82) is 0 Å². The monoisotopic (exact) mass is 348 g/mol. The van der Waals surface area contributed by atoms with E-state index in [1.807, 2.05) is 12.1 Å². The average Bonchev–Trinajstić information content (AvgIpc) is 2.71. The van der Waals surface area contributed by atoms with Gasteiger partial charge in [0.05, 0.1) is 5.56 Å². The standard InChI is InChI=1S/C11H10ClIN2O/c1-7-3-2-4-8(10(7)13)11-15-14-9(16-11)5-6-12/h2-4H,5-6H2,1H3. The van der Waals surface area contributed by atoms with Crippen LogP contribution in [0.1, 0.15) is 11.5 Å². The molecule has 0 saturated carbocycles. The molecule has 0 aliphatic carbocycles. The van der Waals surface area contributed by atoms with Crippen LogP contribution in [0.15, 0.2) is 22.6 Å². The molecule has 0 aliphatic rings. The number of benzene rings is 1. The van der Waals surface area contributed by atoms with E-state index in [9.17, 15) is 0 Å². The molecule has 0 saturated heterocycles. The molecule has 0 N–H and O–H groups in total. The summed E-state index contributed by atoms with van der Waals surface area (Å²) in [6, 6.07) is 6.02. The fraction of sp³-hybridized carbons (Fsp3) is 0.273. The van der Waals surface area contributed by atoms with Crippen molar-refractivity contribution in [3.63, 3.8) is 0 Å². The summed E-state index contributed by atoms with van der Waals surface area (Å²) >= 11 is 7.90. The van der Waals surface area contributed by atoms with Crippen LogP contribution in [0.25, 0.3) is 11.5 Å². The second-order valence-corrected chi connectivity index (χ2v) is 4.83. The summed E-state index contributed by atoms with van der Waals surface area (Å²) in [4.78, 5) is 0. The first-order chi connectivity index (χ1) is 7.72. The van der Waals surface area contributed by atoms with Crippen molar-refractivity contribution >= 4 is 34.2 Å². The number of hydrogen-bond donors (Lipinski definition) is 0. The van der Waals surface area contributed by atoms with Gasteiger partial charge < -0.3 is 4.42 Å². The lowest BCUT2D eigenvalue weighted by atomic mass is 10.1. The minimum absolute atomic E-state index is 0.493. The van der Waals surface area contributed by atoms with Crippen LogP contribution in [0.2, 0.25) is 0 Å². The molecule has 16 heavy (non-hydrogen) atoms. The van der Waals surface area contributed by atoms with Gasteiger partial charge in [-0.25, -0.2) is 0 Å². The Kier molecular flexibility index (Phi) is 3.81. The van der Waals surface area contributed by atoms with Gasteiger partial charge >= 0.3 is 0 Å². The molecule has 1 aromatic heterocycles. The summed E-state index contributed by atoms with van der Waals surface area (Å²) < 4.78 is 6.67. The first-order valence-electron chi connectivity index (χ1n) is 4.86. The van der Waals surface area contributed by atoms with E-state index in [0.29, 0.717) is 24.1 Å². The molecular formula is C11H10ClIN2O. The third-order valence-corrected chi connectivity index (χ3v) is 3.82. The van der Waals surface area contributed by atoms with Gasteiger partial charge in [-0.2, -0.15) is 0 Å². The maximum absolute atomic E-state index is 5.62. The van der Waals surface area contributed by atoms with E-state index >= 15 is 0 Å². The second-order valence-electron chi connectivity index (χ2n) is 3.38. The number of aromatic nitrogens is 2. The maximum Gasteiger partial charge on any atom is 0.248 e. The van der Waals surface area contributed by atoms with Crippen LogP contribution < -0.4 is 0 Å². The van der Waals surface area contributed by atoms with Gasteiger partial charge in [-0.05, 0) is 41.1 Å². The van der Waals surface area contributed by atoms with Crippen LogP contribution in [-0.4, -0.2) is 16.1 Å². The van der Waals surface area contributed by atoms with E-state index in [1.54, 1.807) is 0 Å². The van der Waals surface area contributed by atoms with Gasteiger partial charge in [0, 0.05) is 15.9 Å². The van der Waals surface area contributed by atoms with E-state index in [1.165, 1.54) is 5.56 Å². The summed E-state index contributed by atoms with van der Waals surface area (Å²) in [6.45, 7) is 2.06. The van der Waals surface area contributed by atoms with Crippen LogP contribution >= 0.6 is 34.2 Å². The first-order valence-corrected chi connectivity index (χ1v) is 6.47. The summed E-state index contributed by atoms with van der Waals surface area (Å²) in [5.41, 5.74) is 2.18. The van der Waals surface area contributed by atoms with E-state index in [0.717, 1.165) is 9.13 Å². The van der Waals surface area contributed by atoms with Gasteiger partial charge in [-0.1, -0.05) is 12.1 Å². The Morgan fingerprint density at radius 3 is 2.94 bits per heavy atom. The van der Waals surface area contributed by atoms with Crippen molar-refractivity contribution in [2.45, 2.75) is 13.3 Å². The Hall–Kier alpha value is -0.620. The van der Waals surface area contributed by atoms with Gasteiger partial charge in [-0.15, -0.1) is 21.8 Å². The average molecular weight is 349 g/mol. The number of rotatable bonds is 3. The first kappa shape index (κ1) is 11.9. The zero-order chi connectivity index (χ0) is 11.5. The predicted molar refractivity (Wildman–Crippen MR) is 71.6 cm³/mol. The van der Waals surface area contributed by atoms with Gasteiger partial charge in [0.15, 0.2) is 0 Å². The summed E-state index contributed by atoms with van der Waals surface area (Å²) in [5.74, 6) is 1.64. The lowest BCUT2D eigenvalue weighted by molar-refractivity contribution is 0.513. The van der Waals surface area contributed by atoms with E-state index < -0.39 is 0 Å².